The van der Waals surface area contributed by atoms with Crippen LogP contribution in [0, 0.1) is 6.92 Å². The van der Waals surface area contributed by atoms with E-state index >= 15 is 0 Å². The van der Waals surface area contributed by atoms with E-state index in [1.54, 1.807) is 17.0 Å². The molecule has 0 aliphatic carbocycles. The summed E-state index contributed by atoms with van der Waals surface area (Å²) < 4.78 is 5.26. The van der Waals surface area contributed by atoms with Crippen molar-refractivity contribution in [2.75, 3.05) is 0 Å². The van der Waals surface area contributed by atoms with Crippen molar-refractivity contribution in [2.45, 2.75) is 40.0 Å². The Hall–Kier alpha value is -4.48. The van der Waals surface area contributed by atoms with E-state index in [9.17, 15) is 19.2 Å². The van der Waals surface area contributed by atoms with Crippen LogP contribution in [-0.4, -0.2) is 40.3 Å². The van der Waals surface area contributed by atoms with Gasteiger partial charge in [-0.3, -0.25) is 34.5 Å². The number of aryl methyl sites for hydroxylation is 2. The van der Waals surface area contributed by atoms with Gasteiger partial charge in [0.25, 0.3) is 17.4 Å². The summed E-state index contributed by atoms with van der Waals surface area (Å²) in [5.74, 6) is -1.23. The Kier molecular flexibility index (Phi) is 6.39. The van der Waals surface area contributed by atoms with Gasteiger partial charge in [-0.05, 0) is 25.0 Å². The number of amides is 2. The van der Waals surface area contributed by atoms with Crippen LogP contribution in [0.4, 0.5) is 0 Å². The van der Waals surface area contributed by atoms with E-state index in [2.05, 4.69) is 20.9 Å². The number of imidazole rings is 1. The maximum absolute atomic E-state index is 13.2. The highest BCUT2D eigenvalue weighted by Crippen LogP contribution is 2.09. The van der Waals surface area contributed by atoms with E-state index in [1.807, 2.05) is 44.2 Å². The van der Waals surface area contributed by atoms with E-state index in [0.29, 0.717) is 6.54 Å². The van der Waals surface area contributed by atoms with Crippen molar-refractivity contribution in [1.82, 2.24) is 39.3 Å². The Balaban J connectivity index is 1.58. The monoisotopic (exact) mass is 464 g/mol. The van der Waals surface area contributed by atoms with Gasteiger partial charge in [0.05, 0.1) is 19.1 Å². The summed E-state index contributed by atoms with van der Waals surface area (Å²) >= 11 is 0. The number of carbonyl (C=O) groups excluding carboxylic acids is 2. The average Bonchev–Trinajstić information content (AvgIpc) is 3.44. The average molecular weight is 464 g/mol. The molecule has 4 aromatic rings. The third-order valence-corrected chi connectivity index (χ3v) is 5.22. The van der Waals surface area contributed by atoms with Gasteiger partial charge in [-0.2, -0.15) is 5.10 Å². The predicted octanol–water partition coefficient (Wildman–Crippen LogP) is -0.220. The SMILES string of the molecule is CCn1cnc2c1c(=O)n(CC(=O)NNC(=O)Cn1cc(C)cn1)c(=O)n2Cc1ccccc1. The number of aromatic nitrogens is 6. The second-order valence-electron chi connectivity index (χ2n) is 7.76. The fraction of sp³-hybridized carbons (Fsp3) is 0.273. The molecule has 34 heavy (non-hydrogen) atoms. The second kappa shape index (κ2) is 9.57. The number of hydrazine groups is 1. The van der Waals surface area contributed by atoms with Crippen LogP contribution in [0.3, 0.4) is 0 Å². The molecule has 0 fully saturated rings. The van der Waals surface area contributed by atoms with Crippen LogP contribution in [0.1, 0.15) is 18.1 Å². The van der Waals surface area contributed by atoms with Crippen LogP contribution < -0.4 is 22.1 Å². The minimum atomic E-state index is -0.725. The first kappa shape index (κ1) is 22.7. The molecule has 12 heteroatoms. The Morgan fingerprint density at radius 3 is 2.35 bits per heavy atom. The zero-order valence-corrected chi connectivity index (χ0v) is 18.8. The fourth-order valence-corrected chi connectivity index (χ4v) is 3.59. The van der Waals surface area contributed by atoms with E-state index in [4.69, 9.17) is 0 Å². The molecule has 2 amide bonds. The van der Waals surface area contributed by atoms with Gasteiger partial charge in [0.2, 0.25) is 0 Å². The summed E-state index contributed by atoms with van der Waals surface area (Å²) in [7, 11) is 0. The number of hydrogen-bond donors (Lipinski definition) is 2. The standard InChI is InChI=1S/C22H24N8O4/c1-3-27-14-23-20-19(27)21(33)30(22(34)29(20)11-16-7-5-4-6-8-16)13-18(32)26-25-17(31)12-28-10-15(2)9-24-28/h4-10,14H,3,11-13H2,1-2H3,(H,25,31)(H,26,32). The van der Waals surface area contributed by atoms with Gasteiger partial charge < -0.3 is 4.57 Å². The minimum Gasteiger partial charge on any atom is -0.325 e. The third kappa shape index (κ3) is 4.65. The number of rotatable bonds is 7. The van der Waals surface area contributed by atoms with Crippen molar-refractivity contribution in [2.24, 2.45) is 0 Å². The first-order chi connectivity index (χ1) is 16.4. The highest BCUT2D eigenvalue weighted by atomic mass is 16.2. The molecule has 0 spiro atoms. The molecule has 3 heterocycles. The van der Waals surface area contributed by atoms with Crippen LogP contribution in [0.2, 0.25) is 0 Å². The molecule has 0 aliphatic rings. The van der Waals surface area contributed by atoms with Gasteiger partial charge in [-0.25, -0.2) is 14.3 Å². The van der Waals surface area contributed by atoms with Crippen LogP contribution in [0.15, 0.2) is 58.6 Å². The zero-order chi connectivity index (χ0) is 24.2. The summed E-state index contributed by atoms with van der Waals surface area (Å²) in [6, 6.07) is 9.26. The van der Waals surface area contributed by atoms with Crippen molar-refractivity contribution in [3.05, 3.63) is 81.0 Å². The second-order valence-corrected chi connectivity index (χ2v) is 7.76. The fourth-order valence-electron chi connectivity index (χ4n) is 3.59. The third-order valence-electron chi connectivity index (χ3n) is 5.22. The van der Waals surface area contributed by atoms with Gasteiger partial charge in [-0.1, -0.05) is 30.3 Å². The largest absolute Gasteiger partial charge is 0.333 e. The van der Waals surface area contributed by atoms with Crippen molar-refractivity contribution in [3.8, 4) is 0 Å². The molecule has 0 atom stereocenters. The number of carbonyl (C=O) groups is 2. The lowest BCUT2D eigenvalue weighted by Gasteiger charge is -2.13. The predicted molar refractivity (Wildman–Crippen MR) is 123 cm³/mol. The Labute approximate surface area is 193 Å². The van der Waals surface area contributed by atoms with Crippen LogP contribution in [0.25, 0.3) is 11.2 Å². The summed E-state index contributed by atoms with van der Waals surface area (Å²) in [5, 5.41) is 4.00. The normalized spacial score (nSPS) is 11.0. The van der Waals surface area contributed by atoms with E-state index in [-0.39, 0.29) is 24.3 Å². The smallest absolute Gasteiger partial charge is 0.325 e. The number of benzene rings is 1. The lowest BCUT2D eigenvalue weighted by atomic mass is 10.2. The molecule has 0 saturated carbocycles. The number of nitrogens with zero attached hydrogens (tertiary/aromatic N) is 6. The molecule has 1 aromatic carbocycles. The molecule has 0 bridgehead atoms. The van der Waals surface area contributed by atoms with Crippen molar-refractivity contribution >= 4 is 23.0 Å². The van der Waals surface area contributed by atoms with Crippen molar-refractivity contribution in [3.63, 3.8) is 0 Å². The van der Waals surface area contributed by atoms with Gasteiger partial charge in [0.15, 0.2) is 11.2 Å². The minimum absolute atomic E-state index is 0.0976. The maximum atomic E-state index is 13.2. The molecule has 0 saturated heterocycles. The molecule has 4 rings (SSSR count). The molecule has 12 nitrogen and oxygen atoms in total. The molecular weight excluding hydrogens is 440 g/mol. The van der Waals surface area contributed by atoms with Gasteiger partial charge in [0.1, 0.15) is 13.1 Å². The van der Waals surface area contributed by atoms with E-state index in [1.165, 1.54) is 15.6 Å². The summed E-state index contributed by atoms with van der Waals surface area (Å²) in [5.41, 5.74) is 5.42. The van der Waals surface area contributed by atoms with E-state index in [0.717, 1.165) is 15.7 Å². The molecule has 3 aromatic heterocycles. The molecular formula is C22H24N8O4. The number of fused-ring (bicyclic) bond motifs is 1. The lowest BCUT2D eigenvalue weighted by Crippen LogP contribution is -2.48. The first-order valence-corrected chi connectivity index (χ1v) is 10.7. The van der Waals surface area contributed by atoms with Gasteiger partial charge in [-0.15, -0.1) is 0 Å². The Morgan fingerprint density at radius 1 is 1.00 bits per heavy atom. The summed E-state index contributed by atoms with van der Waals surface area (Å²) in [6.07, 6.45) is 4.78. The highest BCUT2D eigenvalue weighted by Gasteiger charge is 2.20. The molecule has 0 aliphatic heterocycles. The van der Waals surface area contributed by atoms with Crippen LogP contribution >= 0.6 is 0 Å². The highest BCUT2D eigenvalue weighted by molar-refractivity contribution is 5.82. The van der Waals surface area contributed by atoms with Crippen LogP contribution in [-0.2, 0) is 35.8 Å². The first-order valence-electron chi connectivity index (χ1n) is 10.7. The summed E-state index contributed by atoms with van der Waals surface area (Å²) in [6.45, 7) is 3.66. The van der Waals surface area contributed by atoms with E-state index < -0.39 is 29.6 Å². The van der Waals surface area contributed by atoms with Crippen molar-refractivity contribution in [1.29, 1.82) is 0 Å². The van der Waals surface area contributed by atoms with Gasteiger partial charge in [0, 0.05) is 12.7 Å². The Bertz CT molecular complexity index is 1460. The lowest BCUT2D eigenvalue weighted by molar-refractivity contribution is -0.129. The molecule has 2 N–H and O–H groups in total. The summed E-state index contributed by atoms with van der Waals surface area (Å²) in [4.78, 5) is 55.2. The molecule has 176 valence electrons. The number of hydrogen-bond acceptors (Lipinski definition) is 6. The molecule has 0 radical (unpaired) electrons. The topological polar surface area (TPSA) is 138 Å². The number of nitrogens with one attached hydrogen (secondary N) is 2. The quantitative estimate of drug-likeness (QED) is 0.363. The van der Waals surface area contributed by atoms with Crippen LogP contribution in [0.5, 0.6) is 0 Å². The molecule has 0 unspecified atom stereocenters. The maximum Gasteiger partial charge on any atom is 0.333 e. The van der Waals surface area contributed by atoms with Gasteiger partial charge >= 0.3 is 5.69 Å². The van der Waals surface area contributed by atoms with Crippen molar-refractivity contribution < 1.29 is 9.59 Å². The zero-order valence-electron chi connectivity index (χ0n) is 18.8. The Morgan fingerprint density at radius 2 is 1.71 bits per heavy atom.